The second-order valence-electron chi connectivity index (χ2n) is 3.18. The van der Waals surface area contributed by atoms with Crippen molar-refractivity contribution in [3.63, 3.8) is 0 Å². The molecule has 1 atom stereocenters. The van der Waals surface area contributed by atoms with Gasteiger partial charge in [0.1, 0.15) is 19.6 Å². The fourth-order valence-corrected chi connectivity index (χ4v) is 2.65. The monoisotopic (exact) mass is 176 g/mol. The van der Waals surface area contributed by atoms with Crippen LogP contribution < -0.4 is 0 Å². The van der Waals surface area contributed by atoms with Gasteiger partial charge in [0.05, 0.1) is 32.4 Å². The lowest BCUT2D eigenvalue weighted by atomic mass is 10.5. The van der Waals surface area contributed by atoms with Crippen molar-refractivity contribution in [1.29, 1.82) is 0 Å². The van der Waals surface area contributed by atoms with Crippen molar-refractivity contribution in [1.82, 2.24) is 0 Å². The molecular weight excluding hydrogens is 162 g/mol. The predicted octanol–water partition coefficient (Wildman–Crippen LogP) is 0.468. The molecule has 0 bridgehead atoms. The summed E-state index contributed by atoms with van der Waals surface area (Å²) in [5.74, 6) is 0. The van der Waals surface area contributed by atoms with Gasteiger partial charge < -0.3 is 8.92 Å². The summed E-state index contributed by atoms with van der Waals surface area (Å²) in [6, 6.07) is 0. The molecule has 2 heterocycles. The van der Waals surface area contributed by atoms with Crippen LogP contribution in [0.15, 0.2) is 0 Å². The first kappa shape index (κ1) is 7.86. The van der Waals surface area contributed by atoms with Gasteiger partial charge in [-0.3, -0.25) is 4.48 Å². The molecule has 0 radical (unpaired) electrons. The first-order valence-corrected chi connectivity index (χ1v) is 4.81. The molecule has 11 heavy (non-hydrogen) atoms. The van der Waals surface area contributed by atoms with E-state index in [2.05, 4.69) is 0 Å². The minimum absolute atomic E-state index is 0.698. The third-order valence-electron chi connectivity index (χ3n) is 2.57. The fourth-order valence-electron chi connectivity index (χ4n) is 1.67. The Hall–Kier alpha value is 0.230. The van der Waals surface area contributed by atoms with Crippen LogP contribution in [0.1, 0.15) is 0 Å². The Kier molecular flexibility index (Phi) is 2.10. The van der Waals surface area contributed by atoms with E-state index < -0.39 is 0 Å². The van der Waals surface area contributed by atoms with Crippen molar-refractivity contribution in [2.75, 3.05) is 40.0 Å². The summed E-state index contributed by atoms with van der Waals surface area (Å²) < 4.78 is 11.6. The lowest BCUT2D eigenvalue weighted by Crippen LogP contribution is -2.40. The quantitative estimate of drug-likeness (QED) is 0.346. The van der Waals surface area contributed by atoms with Gasteiger partial charge in [-0.2, -0.15) is 0 Å². The van der Waals surface area contributed by atoms with Gasteiger partial charge in [-0.1, -0.05) is 0 Å². The van der Waals surface area contributed by atoms with E-state index in [9.17, 15) is 0 Å². The molecule has 1 spiro atoms. The summed E-state index contributed by atoms with van der Waals surface area (Å²) in [6.45, 7) is 5.51. The fraction of sp³-hybridized carbons (Fsp3) is 1.00. The van der Waals surface area contributed by atoms with E-state index in [4.69, 9.17) is 8.92 Å². The van der Waals surface area contributed by atoms with Crippen LogP contribution in [0.25, 0.3) is 0 Å². The highest BCUT2D eigenvalue weighted by atomic mass is 32.2. The van der Waals surface area contributed by atoms with E-state index >= 15 is 0 Å². The lowest BCUT2D eigenvalue weighted by Gasteiger charge is -2.24. The highest BCUT2D eigenvalue weighted by Gasteiger charge is 2.56. The van der Waals surface area contributed by atoms with E-state index in [1.165, 1.54) is 24.1 Å². The molecule has 4 heteroatoms. The standard InChI is InChI=1S/C7H14NO2S/c1-9-11-7-6-8(7)2-4-10-5-3-8/h7H,2-6H2,1H3/q+1. The molecule has 0 N–H and O–H groups in total. The number of rotatable bonds is 2. The third-order valence-corrected chi connectivity index (χ3v) is 3.58. The minimum atomic E-state index is 0.698. The summed E-state index contributed by atoms with van der Waals surface area (Å²) in [4.78, 5) is 0. The number of hydrogen-bond acceptors (Lipinski definition) is 3. The normalized spacial score (nSPS) is 34.1. The van der Waals surface area contributed by atoms with Crippen LogP contribution in [0.5, 0.6) is 0 Å². The Morgan fingerprint density at radius 3 is 2.82 bits per heavy atom. The van der Waals surface area contributed by atoms with E-state index in [1.807, 2.05) is 0 Å². The topological polar surface area (TPSA) is 18.5 Å². The summed E-state index contributed by atoms with van der Waals surface area (Å²) in [6.07, 6.45) is 0. The average molecular weight is 176 g/mol. The molecule has 2 rings (SSSR count). The maximum Gasteiger partial charge on any atom is 0.211 e. The number of ether oxygens (including phenoxy) is 1. The molecule has 2 fully saturated rings. The predicted molar refractivity (Wildman–Crippen MR) is 44.1 cm³/mol. The summed E-state index contributed by atoms with van der Waals surface area (Å²) in [5, 5.41) is 0.698. The molecule has 0 saturated carbocycles. The second kappa shape index (κ2) is 2.94. The van der Waals surface area contributed by atoms with Crippen LogP contribution in [-0.2, 0) is 8.92 Å². The molecule has 2 aliphatic rings. The summed E-state index contributed by atoms with van der Waals surface area (Å²) >= 11 is 1.62. The van der Waals surface area contributed by atoms with Crippen LogP contribution in [0.2, 0.25) is 0 Å². The van der Waals surface area contributed by atoms with Crippen molar-refractivity contribution in [3.05, 3.63) is 0 Å². The van der Waals surface area contributed by atoms with Crippen molar-refractivity contribution in [2.45, 2.75) is 5.37 Å². The second-order valence-corrected chi connectivity index (χ2v) is 4.25. The number of quaternary nitrogens is 1. The van der Waals surface area contributed by atoms with Gasteiger partial charge in [-0.15, -0.1) is 0 Å². The molecule has 3 nitrogen and oxygen atoms in total. The lowest BCUT2D eigenvalue weighted by molar-refractivity contribution is -0.815. The van der Waals surface area contributed by atoms with Gasteiger partial charge in [0, 0.05) is 0 Å². The zero-order chi connectivity index (χ0) is 7.73. The number of hydrogen-bond donors (Lipinski definition) is 0. The van der Waals surface area contributed by atoms with E-state index in [0.717, 1.165) is 13.2 Å². The highest BCUT2D eigenvalue weighted by Crippen LogP contribution is 2.39. The van der Waals surface area contributed by atoms with Gasteiger partial charge in [0.15, 0.2) is 0 Å². The molecule has 0 aliphatic carbocycles. The molecule has 0 aromatic rings. The molecule has 0 amide bonds. The van der Waals surface area contributed by atoms with E-state index in [-0.39, 0.29) is 0 Å². The Morgan fingerprint density at radius 1 is 1.45 bits per heavy atom. The van der Waals surface area contributed by atoms with Crippen molar-refractivity contribution in [2.24, 2.45) is 0 Å². The molecule has 64 valence electrons. The van der Waals surface area contributed by atoms with Crippen molar-refractivity contribution >= 4 is 12.0 Å². The molecule has 1 unspecified atom stereocenters. The van der Waals surface area contributed by atoms with Crippen LogP contribution in [0, 0.1) is 0 Å². The molecular formula is C7H14NO2S+. The SMILES string of the molecule is COSC1C[N+]12CCOCC2. The average Bonchev–Trinajstić information content (AvgIpc) is 2.66. The van der Waals surface area contributed by atoms with Gasteiger partial charge in [0.25, 0.3) is 0 Å². The maximum atomic E-state index is 5.31. The van der Waals surface area contributed by atoms with Gasteiger partial charge in [0.2, 0.25) is 5.37 Å². The first-order chi connectivity index (χ1) is 5.37. The minimum Gasteiger partial charge on any atom is -0.370 e. The Bertz CT molecular complexity index is 147. The summed E-state index contributed by atoms with van der Waals surface area (Å²) in [5.41, 5.74) is 0. The third kappa shape index (κ3) is 1.40. The molecule has 0 aromatic heterocycles. The highest BCUT2D eigenvalue weighted by molar-refractivity contribution is 7.95. The van der Waals surface area contributed by atoms with Gasteiger partial charge in [-0.05, 0) is 0 Å². The Morgan fingerprint density at radius 2 is 2.18 bits per heavy atom. The van der Waals surface area contributed by atoms with Gasteiger partial charge in [-0.25, -0.2) is 0 Å². The van der Waals surface area contributed by atoms with Crippen LogP contribution in [0.4, 0.5) is 0 Å². The Labute approximate surface area is 71.4 Å². The Balaban J connectivity index is 1.84. The number of nitrogens with zero attached hydrogens (tertiary/aromatic N) is 1. The van der Waals surface area contributed by atoms with Crippen LogP contribution in [-0.4, -0.2) is 49.8 Å². The van der Waals surface area contributed by atoms with Crippen molar-refractivity contribution in [3.8, 4) is 0 Å². The molecule has 0 aromatic carbocycles. The van der Waals surface area contributed by atoms with E-state index in [1.54, 1.807) is 19.2 Å². The van der Waals surface area contributed by atoms with Crippen LogP contribution in [0.3, 0.4) is 0 Å². The smallest absolute Gasteiger partial charge is 0.211 e. The zero-order valence-corrected chi connectivity index (χ0v) is 7.60. The maximum absolute atomic E-state index is 5.31. The first-order valence-electron chi connectivity index (χ1n) is 4.00. The molecule has 2 saturated heterocycles. The van der Waals surface area contributed by atoms with E-state index in [0.29, 0.717) is 5.37 Å². The van der Waals surface area contributed by atoms with Gasteiger partial charge >= 0.3 is 0 Å². The zero-order valence-electron chi connectivity index (χ0n) is 6.78. The summed E-state index contributed by atoms with van der Waals surface area (Å²) in [7, 11) is 1.75. The molecule has 2 aliphatic heterocycles. The van der Waals surface area contributed by atoms with Crippen molar-refractivity contribution < 1.29 is 13.4 Å². The number of morpholine rings is 1. The largest absolute Gasteiger partial charge is 0.370 e. The van der Waals surface area contributed by atoms with Crippen LogP contribution >= 0.6 is 12.0 Å².